The van der Waals surface area contributed by atoms with Crippen LogP contribution in [0.15, 0.2) is 41.3 Å². The minimum Gasteiger partial charge on any atom is -0.338 e. The first-order valence-electron chi connectivity index (χ1n) is 10.6. The predicted molar refractivity (Wildman–Crippen MR) is 119 cm³/mol. The summed E-state index contributed by atoms with van der Waals surface area (Å²) in [6.45, 7) is 5.87. The van der Waals surface area contributed by atoms with Crippen molar-refractivity contribution in [3.63, 3.8) is 0 Å². The fraction of sp³-hybridized carbons (Fsp3) is 0.500. The van der Waals surface area contributed by atoms with E-state index in [1.165, 1.54) is 0 Å². The van der Waals surface area contributed by atoms with Crippen molar-refractivity contribution in [2.75, 3.05) is 26.2 Å². The average Bonchev–Trinajstić information content (AvgIpc) is 2.75. The van der Waals surface area contributed by atoms with E-state index in [4.69, 9.17) is 11.6 Å². The van der Waals surface area contributed by atoms with Crippen LogP contribution in [-0.4, -0.2) is 62.4 Å². The summed E-state index contributed by atoms with van der Waals surface area (Å²) >= 11 is 6.01. The van der Waals surface area contributed by atoms with Gasteiger partial charge in [0, 0.05) is 30.7 Å². The molecule has 6 nitrogen and oxygen atoms in total. The number of likely N-dealkylation sites (tertiary alicyclic amines) is 2. The Morgan fingerprint density at radius 1 is 1.03 bits per heavy atom. The third kappa shape index (κ3) is 4.49. The molecule has 0 unspecified atom stereocenters. The van der Waals surface area contributed by atoms with Gasteiger partial charge in [-0.15, -0.1) is 0 Å². The third-order valence-electron chi connectivity index (χ3n) is 6.30. The van der Waals surface area contributed by atoms with Gasteiger partial charge in [-0.3, -0.25) is 4.79 Å². The van der Waals surface area contributed by atoms with Crippen LogP contribution in [0.5, 0.6) is 0 Å². The Morgan fingerprint density at radius 3 is 2.47 bits per heavy atom. The zero-order chi connectivity index (χ0) is 21.3. The van der Waals surface area contributed by atoms with Crippen LogP contribution in [-0.2, 0) is 14.8 Å². The van der Waals surface area contributed by atoms with Crippen LogP contribution < -0.4 is 4.72 Å². The second-order valence-corrected chi connectivity index (χ2v) is 10.3. The molecule has 2 aromatic carbocycles. The molecule has 2 saturated heterocycles. The van der Waals surface area contributed by atoms with Gasteiger partial charge in [0.2, 0.25) is 15.9 Å². The van der Waals surface area contributed by atoms with Gasteiger partial charge in [0.1, 0.15) is 6.04 Å². The van der Waals surface area contributed by atoms with Gasteiger partial charge in [0.05, 0.1) is 4.90 Å². The number of nitrogens with zero attached hydrogens (tertiary/aromatic N) is 2. The Morgan fingerprint density at radius 2 is 1.73 bits per heavy atom. The first kappa shape index (κ1) is 21.6. The summed E-state index contributed by atoms with van der Waals surface area (Å²) in [6.07, 6.45) is 3.24. The highest BCUT2D eigenvalue weighted by molar-refractivity contribution is 7.89. The van der Waals surface area contributed by atoms with Crippen molar-refractivity contribution in [3.8, 4) is 0 Å². The molecule has 0 aliphatic carbocycles. The van der Waals surface area contributed by atoms with Crippen LogP contribution in [0.1, 0.15) is 32.6 Å². The van der Waals surface area contributed by atoms with Gasteiger partial charge in [-0.25, -0.2) is 8.42 Å². The van der Waals surface area contributed by atoms with Crippen molar-refractivity contribution in [1.29, 1.82) is 0 Å². The second kappa shape index (κ2) is 8.83. The number of benzene rings is 2. The van der Waals surface area contributed by atoms with Crippen molar-refractivity contribution in [2.24, 2.45) is 0 Å². The van der Waals surface area contributed by atoms with Crippen LogP contribution in [0.4, 0.5) is 0 Å². The van der Waals surface area contributed by atoms with E-state index in [9.17, 15) is 13.2 Å². The lowest BCUT2D eigenvalue weighted by atomic mass is 9.98. The molecular weight excluding hydrogens is 422 g/mol. The van der Waals surface area contributed by atoms with E-state index in [2.05, 4.69) is 16.5 Å². The molecule has 162 valence electrons. The molecule has 1 N–H and O–H groups in total. The normalized spacial score (nSPS) is 22.0. The molecule has 0 saturated carbocycles. The lowest BCUT2D eigenvalue weighted by molar-refractivity contribution is -0.139. The van der Waals surface area contributed by atoms with Crippen LogP contribution in [0.2, 0.25) is 5.02 Å². The Hall–Kier alpha value is -1.67. The number of hydrogen-bond donors (Lipinski definition) is 1. The lowest BCUT2D eigenvalue weighted by Crippen LogP contribution is -2.57. The Balaban J connectivity index is 1.48. The maximum Gasteiger partial charge on any atom is 0.241 e. The standard InChI is InChI=1S/C22H28ClN3O3S/c1-2-25-12-9-19(10-13-25)26-11-3-4-21(22(26)27)24-30(28,29)20-8-6-16-14-18(23)7-5-17(16)15-20/h5-8,14-15,19,21,24H,2-4,9-13H2,1H3/t21-/m0/s1. The predicted octanol–water partition coefficient (Wildman–Crippen LogP) is 3.25. The molecule has 0 aromatic heterocycles. The summed E-state index contributed by atoms with van der Waals surface area (Å²) in [4.78, 5) is 17.6. The highest BCUT2D eigenvalue weighted by Crippen LogP contribution is 2.25. The Kier molecular flexibility index (Phi) is 6.34. The molecular formula is C22H28ClN3O3S. The van der Waals surface area contributed by atoms with Crippen molar-refractivity contribution in [3.05, 3.63) is 41.4 Å². The van der Waals surface area contributed by atoms with E-state index in [-0.39, 0.29) is 16.8 Å². The third-order valence-corrected chi connectivity index (χ3v) is 8.00. The summed E-state index contributed by atoms with van der Waals surface area (Å²) in [7, 11) is -3.80. The fourth-order valence-corrected chi connectivity index (χ4v) is 5.98. The average molecular weight is 450 g/mol. The first-order valence-corrected chi connectivity index (χ1v) is 12.5. The molecule has 0 spiro atoms. The van der Waals surface area contributed by atoms with Gasteiger partial charge in [-0.05, 0) is 67.3 Å². The summed E-state index contributed by atoms with van der Waals surface area (Å²) in [6, 6.07) is 9.77. The first-order chi connectivity index (χ1) is 14.4. The lowest BCUT2D eigenvalue weighted by Gasteiger charge is -2.42. The van der Waals surface area contributed by atoms with E-state index in [1.807, 2.05) is 4.90 Å². The Labute approximate surface area is 183 Å². The zero-order valence-corrected chi connectivity index (χ0v) is 18.8. The van der Waals surface area contributed by atoms with Crippen molar-refractivity contribution >= 4 is 38.3 Å². The minimum absolute atomic E-state index is 0.0904. The quantitative estimate of drug-likeness (QED) is 0.760. The van der Waals surface area contributed by atoms with E-state index in [0.717, 1.165) is 49.7 Å². The highest BCUT2D eigenvalue weighted by Gasteiger charge is 2.36. The zero-order valence-electron chi connectivity index (χ0n) is 17.2. The monoisotopic (exact) mass is 449 g/mol. The molecule has 2 heterocycles. The maximum absolute atomic E-state index is 13.1. The summed E-state index contributed by atoms with van der Waals surface area (Å²) in [5.41, 5.74) is 0. The largest absolute Gasteiger partial charge is 0.338 e. The van der Waals surface area contributed by atoms with Gasteiger partial charge < -0.3 is 9.80 Å². The van der Waals surface area contributed by atoms with Gasteiger partial charge >= 0.3 is 0 Å². The topological polar surface area (TPSA) is 69.7 Å². The van der Waals surface area contributed by atoms with Crippen LogP contribution >= 0.6 is 11.6 Å². The van der Waals surface area contributed by atoms with E-state index in [1.54, 1.807) is 36.4 Å². The summed E-state index contributed by atoms with van der Waals surface area (Å²) in [5, 5.41) is 2.27. The van der Waals surface area contributed by atoms with Gasteiger partial charge in [-0.2, -0.15) is 4.72 Å². The molecule has 4 rings (SSSR count). The maximum atomic E-state index is 13.1. The molecule has 2 aliphatic heterocycles. The van der Waals surface area contributed by atoms with Gasteiger partial charge in [0.15, 0.2) is 0 Å². The molecule has 2 fully saturated rings. The number of nitrogens with one attached hydrogen (secondary N) is 1. The van der Waals surface area contributed by atoms with E-state index < -0.39 is 16.1 Å². The number of amides is 1. The van der Waals surface area contributed by atoms with Crippen LogP contribution in [0, 0.1) is 0 Å². The summed E-state index contributed by atoms with van der Waals surface area (Å²) < 4.78 is 28.7. The molecule has 0 radical (unpaired) electrons. The van der Waals surface area contributed by atoms with Crippen molar-refractivity contribution < 1.29 is 13.2 Å². The number of sulfonamides is 1. The number of carbonyl (C=O) groups excluding carboxylic acids is 1. The number of hydrogen-bond acceptors (Lipinski definition) is 4. The second-order valence-electron chi connectivity index (χ2n) is 8.17. The number of piperidine rings is 2. The van der Waals surface area contributed by atoms with Crippen molar-refractivity contribution in [1.82, 2.24) is 14.5 Å². The minimum atomic E-state index is -3.80. The summed E-state index contributed by atoms with van der Waals surface area (Å²) in [5.74, 6) is -0.0904. The fourth-order valence-electron chi connectivity index (χ4n) is 4.54. The van der Waals surface area contributed by atoms with Gasteiger partial charge in [0.25, 0.3) is 0 Å². The van der Waals surface area contributed by atoms with Crippen molar-refractivity contribution in [2.45, 2.75) is 49.6 Å². The molecule has 1 amide bonds. The number of halogens is 1. The molecule has 2 aliphatic rings. The smallest absolute Gasteiger partial charge is 0.241 e. The molecule has 1 atom stereocenters. The number of rotatable bonds is 5. The van der Waals surface area contributed by atoms with E-state index >= 15 is 0 Å². The molecule has 30 heavy (non-hydrogen) atoms. The van der Waals surface area contributed by atoms with Crippen LogP contribution in [0.3, 0.4) is 0 Å². The molecule has 2 aromatic rings. The Bertz CT molecular complexity index is 1040. The number of fused-ring (bicyclic) bond motifs is 1. The highest BCUT2D eigenvalue weighted by atomic mass is 35.5. The van der Waals surface area contributed by atoms with E-state index in [0.29, 0.717) is 18.0 Å². The SMILES string of the molecule is CCN1CCC(N2CCC[C@H](NS(=O)(=O)c3ccc4cc(Cl)ccc4c3)C2=O)CC1. The molecule has 8 heteroatoms. The van der Waals surface area contributed by atoms with Gasteiger partial charge in [-0.1, -0.05) is 30.7 Å². The number of carbonyl (C=O) groups is 1. The van der Waals surface area contributed by atoms with Crippen LogP contribution in [0.25, 0.3) is 10.8 Å². The molecule has 0 bridgehead atoms.